The van der Waals surface area contributed by atoms with Crippen molar-refractivity contribution >= 4 is 125 Å². The summed E-state index contributed by atoms with van der Waals surface area (Å²) in [6.45, 7) is 12.3. The summed E-state index contributed by atoms with van der Waals surface area (Å²) in [5, 5.41) is 78.5. The standard InChI is InChI=1S/C68H117N19O21S2/c1-32(2)25-40(77-57(98)41(26-33(3)4)80-64(105)52(36(8)90)83-59(100)42(27-34(5)6)78-60(101)44(30-88)81-55(96)38(15-11-20-73-68(71)72)76-63(104)51(70)35(7)89)58(99)82-45(31-109)65(106)87-23-14-18-48(87)66(107)85-21-12-17-47(85)62(103)84-53(37(9)91)67(108)86-22-13-16-46(86)61(102)75-39(19-24-110-10)56(97)79-43(28-49(69)92)54(95)74-29-50(93)94/h32-48,51-53,88-91,109H,11-31,70H2,1-10H3,(H2,69,92)(H,74,95)(H,75,102)(H,76,104)(H,77,98)(H,78,101)(H,79,97)(H,80,105)(H,81,96)(H,82,99)(H,83,100)(H,84,103)(H,93,94)(H4,71,72,73)/t35-,36-,37-,38+,39+,40+,41+,42+,43+,44+,45+,46+,47+,48+,51+,52+,53+/m1/s1. The van der Waals surface area contributed by atoms with Crippen LogP contribution < -0.4 is 81.4 Å². The number of carbonyl (C=O) groups excluding carboxylic acids is 15. The molecule has 42 heteroatoms. The van der Waals surface area contributed by atoms with Crippen molar-refractivity contribution < 1.29 is 102 Å². The Hall–Kier alpha value is -8.71. The highest BCUT2D eigenvalue weighted by Gasteiger charge is 2.47. The lowest BCUT2D eigenvalue weighted by Crippen LogP contribution is -2.62. The van der Waals surface area contributed by atoms with Crippen LogP contribution in [0.5, 0.6) is 0 Å². The van der Waals surface area contributed by atoms with Gasteiger partial charge in [0.05, 0.1) is 31.3 Å². The molecule has 3 rings (SSSR count). The Bertz CT molecular complexity index is 3240. The number of primary amides is 1. The monoisotopic (exact) mass is 1600 g/mol. The summed E-state index contributed by atoms with van der Waals surface area (Å²) in [5.74, 6) is -16.1. The number of nitrogens with one attached hydrogen (secondary N) is 11. The number of carboxylic acids is 1. The van der Waals surface area contributed by atoms with Crippen LogP contribution in [0.1, 0.15) is 146 Å². The number of carbonyl (C=O) groups is 16. The number of nitrogens with zero attached hydrogens (tertiary/aromatic N) is 4. The van der Waals surface area contributed by atoms with Gasteiger partial charge in [-0.1, -0.05) is 41.5 Å². The fourth-order valence-electron chi connectivity index (χ4n) is 12.6. The molecule has 3 heterocycles. The number of thiol groups is 1. The molecule has 0 unspecified atom stereocenters. The Morgan fingerprint density at radius 2 is 0.900 bits per heavy atom. The molecule has 3 saturated heterocycles. The van der Waals surface area contributed by atoms with Crippen molar-refractivity contribution in [2.45, 2.75) is 249 Å². The third kappa shape index (κ3) is 30.5. The number of aliphatic hydroxyl groups is 4. The van der Waals surface area contributed by atoms with Crippen molar-refractivity contribution in [1.29, 1.82) is 0 Å². The zero-order valence-electron chi connectivity index (χ0n) is 64.1. The second-order valence-electron chi connectivity index (χ2n) is 29.0. The minimum Gasteiger partial charge on any atom is -0.480 e. The lowest BCUT2D eigenvalue weighted by Gasteiger charge is -2.34. The first-order valence-corrected chi connectivity index (χ1v) is 38.9. The molecule has 15 amide bonds. The van der Waals surface area contributed by atoms with E-state index in [0.717, 1.165) is 4.90 Å². The van der Waals surface area contributed by atoms with Gasteiger partial charge in [-0.3, -0.25) is 81.7 Å². The van der Waals surface area contributed by atoms with Crippen LogP contribution >= 0.6 is 24.4 Å². The van der Waals surface area contributed by atoms with E-state index < -0.39 is 217 Å². The number of guanidine groups is 1. The van der Waals surface area contributed by atoms with Gasteiger partial charge in [0.25, 0.3) is 0 Å². The Morgan fingerprint density at radius 3 is 1.36 bits per heavy atom. The summed E-state index contributed by atoms with van der Waals surface area (Å²) in [6, 6.07) is -20.2. The average molecular weight is 1600 g/mol. The lowest BCUT2D eigenvalue weighted by molar-refractivity contribution is -0.149. The van der Waals surface area contributed by atoms with Gasteiger partial charge in [-0.2, -0.15) is 24.4 Å². The topological polar surface area (TPSA) is 633 Å². The van der Waals surface area contributed by atoms with Crippen LogP contribution in [0, 0.1) is 17.8 Å². The van der Waals surface area contributed by atoms with Gasteiger partial charge in [-0.15, -0.1) is 0 Å². The molecule has 17 atom stereocenters. The molecule has 0 radical (unpaired) electrons. The lowest BCUT2D eigenvalue weighted by atomic mass is 9.99. The van der Waals surface area contributed by atoms with Crippen molar-refractivity contribution in [2.24, 2.45) is 45.7 Å². The molecule has 40 nitrogen and oxygen atoms in total. The summed E-state index contributed by atoms with van der Waals surface area (Å²) in [5.41, 5.74) is 21.9. The Morgan fingerprint density at radius 1 is 0.482 bits per heavy atom. The van der Waals surface area contributed by atoms with Gasteiger partial charge in [0.2, 0.25) is 88.6 Å². The van der Waals surface area contributed by atoms with E-state index in [9.17, 15) is 97.1 Å². The van der Waals surface area contributed by atoms with Crippen LogP contribution in [0.15, 0.2) is 4.99 Å². The van der Waals surface area contributed by atoms with Crippen molar-refractivity contribution in [1.82, 2.24) is 73.2 Å². The SMILES string of the molecule is CSCC[C@H](NC(=O)[C@@H]1CCCN1C(=O)[C@@H](NC(=O)[C@@H]1CCCN1C(=O)[C@@H]1CCCN1C(=O)[C@H](CS)NC(=O)[C@H](CC(C)C)NC(=O)[C@H](CC(C)C)NC(=O)[C@@H](NC(=O)[C@H](CC(C)C)NC(=O)[C@H](CO)NC(=O)[C@H](CCCN=C(N)N)NC(=O)[C@@H](N)[C@@H](C)O)[C@@H](C)O)[C@@H](C)O)C(=O)N[C@@H](CC(N)=O)C(=O)NCC(=O)O. The summed E-state index contributed by atoms with van der Waals surface area (Å²) in [6.07, 6.45) is -2.36. The first-order valence-electron chi connectivity index (χ1n) is 36.9. The molecular weight excluding hydrogens is 1480 g/mol. The third-order valence-electron chi connectivity index (χ3n) is 18.3. The normalized spacial score (nSPS) is 19.4. The Kier molecular flexibility index (Phi) is 40.7. The predicted octanol–water partition coefficient (Wildman–Crippen LogP) is -7.78. The van der Waals surface area contributed by atoms with E-state index in [1.165, 1.54) is 42.3 Å². The molecule has 3 aliphatic rings. The maximum Gasteiger partial charge on any atom is 0.322 e. The number of thioether (sulfide) groups is 1. The van der Waals surface area contributed by atoms with Crippen LogP contribution in [-0.4, -0.2) is 301 Å². The Balaban J connectivity index is 1.79. The molecule has 622 valence electrons. The summed E-state index contributed by atoms with van der Waals surface area (Å²) in [4.78, 5) is 226. The maximum absolute atomic E-state index is 14.7. The van der Waals surface area contributed by atoms with Crippen molar-refractivity contribution in [3.8, 4) is 0 Å². The van der Waals surface area contributed by atoms with Gasteiger partial charge >= 0.3 is 5.97 Å². The van der Waals surface area contributed by atoms with E-state index in [2.05, 4.69) is 76.1 Å². The van der Waals surface area contributed by atoms with Crippen LogP contribution in [0.2, 0.25) is 0 Å². The van der Waals surface area contributed by atoms with Crippen molar-refractivity contribution in [3.05, 3.63) is 0 Å². The fraction of sp³-hybridized carbons (Fsp3) is 0.750. The molecule has 0 aromatic heterocycles. The molecule has 0 saturated carbocycles. The number of aliphatic imine (C=N–C) groups is 1. The largest absolute Gasteiger partial charge is 0.480 e. The molecule has 0 bridgehead atoms. The molecule has 0 aromatic carbocycles. The summed E-state index contributed by atoms with van der Waals surface area (Å²) < 4.78 is 0. The molecule has 3 fully saturated rings. The van der Waals surface area contributed by atoms with E-state index >= 15 is 0 Å². The highest BCUT2D eigenvalue weighted by atomic mass is 32.2. The molecule has 0 aliphatic carbocycles. The third-order valence-corrected chi connectivity index (χ3v) is 19.3. The van der Waals surface area contributed by atoms with Gasteiger partial charge in [-0.05, 0) is 128 Å². The van der Waals surface area contributed by atoms with Crippen LogP contribution in [0.3, 0.4) is 0 Å². The molecule has 0 spiro atoms. The smallest absolute Gasteiger partial charge is 0.322 e. The molecule has 24 N–H and O–H groups in total. The van der Waals surface area contributed by atoms with Crippen molar-refractivity contribution in [3.63, 3.8) is 0 Å². The van der Waals surface area contributed by atoms with Gasteiger partial charge in [0.15, 0.2) is 5.96 Å². The highest BCUT2D eigenvalue weighted by molar-refractivity contribution is 7.98. The van der Waals surface area contributed by atoms with Gasteiger partial charge in [-0.25, -0.2) is 0 Å². The average Bonchev–Trinajstić information content (AvgIpc) is 1.63. The van der Waals surface area contributed by atoms with E-state index in [1.807, 2.05) is 0 Å². The zero-order chi connectivity index (χ0) is 83.1. The second-order valence-corrected chi connectivity index (χ2v) is 30.4. The first-order chi connectivity index (χ1) is 51.6. The van der Waals surface area contributed by atoms with Crippen LogP contribution in [-0.2, 0) is 76.7 Å². The van der Waals surface area contributed by atoms with Crippen molar-refractivity contribution in [2.75, 3.05) is 57.1 Å². The van der Waals surface area contributed by atoms with Gasteiger partial charge < -0.3 is 122 Å². The van der Waals surface area contributed by atoms with E-state index in [0.29, 0.717) is 18.6 Å². The molecule has 0 aromatic rings. The predicted molar refractivity (Wildman–Crippen MR) is 403 cm³/mol. The molecular formula is C68H117N19O21S2. The van der Waals surface area contributed by atoms with E-state index in [1.54, 1.807) is 47.8 Å². The van der Waals surface area contributed by atoms with Gasteiger partial charge in [0.1, 0.15) is 91.1 Å². The zero-order valence-corrected chi connectivity index (χ0v) is 65.8. The minimum atomic E-state index is -1.79. The number of carboxylic acid groups (broad SMARTS) is 1. The minimum absolute atomic E-state index is 0.00204. The van der Waals surface area contributed by atoms with Gasteiger partial charge in [0, 0.05) is 31.9 Å². The number of amides is 15. The second kappa shape index (κ2) is 46.8. The number of aliphatic hydroxyl groups excluding tert-OH is 4. The first kappa shape index (κ1) is 95.5. The molecule has 110 heavy (non-hydrogen) atoms. The quantitative estimate of drug-likeness (QED) is 0.0116. The number of rotatable bonds is 46. The number of likely N-dealkylation sites (tertiary alicyclic amines) is 3. The van der Waals surface area contributed by atoms with Crippen LogP contribution in [0.25, 0.3) is 0 Å². The maximum atomic E-state index is 14.7. The molecule has 3 aliphatic heterocycles. The number of hydrogen-bond donors (Lipinski definition) is 21. The fourth-order valence-corrected chi connectivity index (χ4v) is 13.3. The van der Waals surface area contributed by atoms with Crippen LogP contribution in [0.4, 0.5) is 0 Å². The Labute approximate surface area is 649 Å². The number of nitrogens with two attached hydrogens (primary N) is 4. The number of aliphatic carboxylic acids is 1. The summed E-state index contributed by atoms with van der Waals surface area (Å²) in [7, 11) is 0. The number of hydrogen-bond acceptors (Lipinski definition) is 24. The summed E-state index contributed by atoms with van der Waals surface area (Å²) >= 11 is 5.72. The van der Waals surface area contributed by atoms with E-state index in [-0.39, 0.29) is 120 Å². The highest BCUT2D eigenvalue weighted by Crippen LogP contribution is 2.27. The van der Waals surface area contributed by atoms with E-state index in [4.69, 9.17) is 28.0 Å².